The molecule has 22 heavy (non-hydrogen) atoms. The van der Waals surface area contributed by atoms with Crippen LogP contribution in [0.2, 0.25) is 0 Å². The molecule has 4 rings (SSSR count). The summed E-state index contributed by atoms with van der Waals surface area (Å²) >= 11 is 0. The lowest BCUT2D eigenvalue weighted by Crippen LogP contribution is -2.53. The van der Waals surface area contributed by atoms with E-state index in [4.69, 9.17) is 0 Å². The van der Waals surface area contributed by atoms with E-state index in [1.807, 2.05) is 12.1 Å². The molecule has 0 amide bonds. The van der Waals surface area contributed by atoms with E-state index in [9.17, 15) is 5.11 Å². The molecule has 2 aromatic carbocycles. The number of nitrogens with zero attached hydrogens (tertiary/aromatic N) is 1. The number of likely N-dealkylation sites (N-methyl/N-ethyl adjacent to an activating group) is 1. The molecule has 1 saturated heterocycles. The third-order valence-corrected chi connectivity index (χ3v) is 5.72. The highest BCUT2D eigenvalue weighted by Crippen LogP contribution is 2.49. The first-order valence-corrected chi connectivity index (χ1v) is 8.35. The van der Waals surface area contributed by atoms with Gasteiger partial charge in [0.15, 0.2) is 0 Å². The minimum atomic E-state index is 0.0733. The Morgan fingerprint density at radius 2 is 2.00 bits per heavy atom. The maximum Gasteiger partial charge on any atom is 0.115 e. The molecule has 1 aliphatic carbocycles. The molecule has 0 spiro atoms. The van der Waals surface area contributed by atoms with Gasteiger partial charge in [-0.05, 0) is 61.2 Å². The van der Waals surface area contributed by atoms with Crippen molar-refractivity contribution in [1.82, 2.24) is 4.90 Å². The van der Waals surface area contributed by atoms with Crippen LogP contribution in [0.25, 0.3) is 0 Å². The number of likely N-dealkylation sites (tertiary alicyclic amines) is 1. The van der Waals surface area contributed by atoms with Crippen LogP contribution in [0.4, 0.5) is 0 Å². The molecular weight excluding hydrogens is 270 g/mol. The molecular formula is C20H23NO. The number of phenolic OH excluding ortho intramolecular Hbond substituents is 1. The van der Waals surface area contributed by atoms with Gasteiger partial charge >= 0.3 is 0 Å². The van der Waals surface area contributed by atoms with Crippen LogP contribution >= 0.6 is 0 Å². The van der Waals surface area contributed by atoms with Gasteiger partial charge in [-0.2, -0.15) is 0 Å². The number of benzene rings is 2. The molecule has 2 aliphatic rings. The number of aromatic hydroxyl groups is 1. The molecule has 2 unspecified atom stereocenters. The lowest BCUT2D eigenvalue weighted by molar-refractivity contribution is 0.102. The Morgan fingerprint density at radius 3 is 2.77 bits per heavy atom. The molecule has 2 bridgehead atoms. The number of fused-ring (bicyclic) bond motifs is 4. The third kappa shape index (κ3) is 1.98. The average Bonchev–Trinajstić information content (AvgIpc) is 2.57. The fourth-order valence-electron chi connectivity index (χ4n) is 4.63. The quantitative estimate of drug-likeness (QED) is 0.912. The summed E-state index contributed by atoms with van der Waals surface area (Å²) in [6.45, 7) is 4.54. The summed E-state index contributed by atoms with van der Waals surface area (Å²) in [5, 5.41) is 10.0. The number of piperidine rings is 1. The first-order chi connectivity index (χ1) is 10.7. The van der Waals surface area contributed by atoms with E-state index in [0.29, 0.717) is 11.8 Å². The Morgan fingerprint density at radius 1 is 1.18 bits per heavy atom. The van der Waals surface area contributed by atoms with E-state index < -0.39 is 0 Å². The lowest BCUT2D eigenvalue weighted by atomic mass is 9.60. The summed E-state index contributed by atoms with van der Waals surface area (Å²) in [6, 6.07) is 17.5. The van der Waals surface area contributed by atoms with E-state index in [0.717, 1.165) is 25.9 Å². The van der Waals surface area contributed by atoms with Crippen LogP contribution < -0.4 is 0 Å². The third-order valence-electron chi connectivity index (χ3n) is 5.72. The zero-order chi connectivity index (χ0) is 15.2. The van der Waals surface area contributed by atoms with Crippen molar-refractivity contribution < 1.29 is 5.11 Å². The van der Waals surface area contributed by atoms with Crippen molar-refractivity contribution in [3.05, 3.63) is 65.2 Å². The number of hydrogen-bond acceptors (Lipinski definition) is 2. The van der Waals surface area contributed by atoms with Gasteiger partial charge in [0, 0.05) is 11.5 Å². The molecule has 1 aliphatic heterocycles. The highest BCUT2D eigenvalue weighted by atomic mass is 16.3. The molecule has 1 fully saturated rings. The number of rotatable bonds is 2. The Hall–Kier alpha value is -1.80. The maximum atomic E-state index is 10.0. The van der Waals surface area contributed by atoms with Gasteiger partial charge in [-0.1, -0.05) is 43.3 Å². The van der Waals surface area contributed by atoms with Gasteiger partial charge in [0.1, 0.15) is 5.75 Å². The van der Waals surface area contributed by atoms with Gasteiger partial charge in [-0.3, -0.25) is 0 Å². The Bertz CT molecular complexity index is 681. The molecule has 2 atom stereocenters. The normalized spacial score (nSPS) is 27.4. The first kappa shape index (κ1) is 13.8. The van der Waals surface area contributed by atoms with Crippen molar-refractivity contribution in [3.8, 4) is 5.75 Å². The van der Waals surface area contributed by atoms with Crippen LogP contribution in [0.15, 0.2) is 48.5 Å². The Balaban J connectivity index is 1.91. The maximum absolute atomic E-state index is 10.0. The van der Waals surface area contributed by atoms with Gasteiger partial charge < -0.3 is 10.0 Å². The lowest BCUT2D eigenvalue weighted by Gasteiger charge is -2.51. The molecule has 0 aromatic heterocycles. The highest BCUT2D eigenvalue weighted by molar-refractivity contribution is 5.50. The van der Waals surface area contributed by atoms with Crippen molar-refractivity contribution in [3.63, 3.8) is 0 Å². The van der Waals surface area contributed by atoms with Crippen molar-refractivity contribution >= 4 is 0 Å². The van der Waals surface area contributed by atoms with E-state index in [-0.39, 0.29) is 5.41 Å². The second kappa shape index (κ2) is 5.13. The van der Waals surface area contributed by atoms with Gasteiger partial charge in [-0.25, -0.2) is 0 Å². The van der Waals surface area contributed by atoms with E-state index in [1.165, 1.54) is 23.1 Å². The van der Waals surface area contributed by atoms with Gasteiger partial charge in [0.2, 0.25) is 0 Å². The first-order valence-electron chi connectivity index (χ1n) is 8.35. The van der Waals surface area contributed by atoms with E-state index in [1.54, 1.807) is 0 Å². The zero-order valence-corrected chi connectivity index (χ0v) is 13.1. The Labute approximate surface area is 132 Å². The second-order valence-corrected chi connectivity index (χ2v) is 6.73. The van der Waals surface area contributed by atoms with Crippen LogP contribution in [-0.4, -0.2) is 29.1 Å². The topological polar surface area (TPSA) is 23.5 Å². The Kier molecular flexibility index (Phi) is 3.23. The predicted molar refractivity (Wildman–Crippen MR) is 89.3 cm³/mol. The fourth-order valence-corrected chi connectivity index (χ4v) is 4.63. The average molecular weight is 293 g/mol. The predicted octanol–water partition coefficient (Wildman–Crippen LogP) is 3.72. The SMILES string of the molecule is CCN1CCC2(c3ccccc3)CC1Cc1ccc(O)cc12. The van der Waals surface area contributed by atoms with Crippen molar-refractivity contribution in [2.24, 2.45) is 0 Å². The van der Waals surface area contributed by atoms with Crippen molar-refractivity contribution in [2.45, 2.75) is 37.6 Å². The van der Waals surface area contributed by atoms with Crippen molar-refractivity contribution in [1.29, 1.82) is 0 Å². The summed E-state index contributed by atoms with van der Waals surface area (Å²) < 4.78 is 0. The molecule has 0 saturated carbocycles. The van der Waals surface area contributed by atoms with Crippen LogP contribution in [0, 0.1) is 0 Å². The monoisotopic (exact) mass is 293 g/mol. The van der Waals surface area contributed by atoms with Crippen molar-refractivity contribution in [2.75, 3.05) is 13.1 Å². The van der Waals surface area contributed by atoms with Crippen LogP contribution in [0.5, 0.6) is 5.75 Å². The summed E-state index contributed by atoms with van der Waals surface area (Å²) in [5.41, 5.74) is 4.24. The number of hydrogen-bond donors (Lipinski definition) is 1. The smallest absolute Gasteiger partial charge is 0.115 e. The highest BCUT2D eigenvalue weighted by Gasteiger charge is 2.46. The summed E-state index contributed by atoms with van der Waals surface area (Å²) in [4.78, 5) is 2.62. The van der Waals surface area contributed by atoms with Gasteiger partial charge in [0.25, 0.3) is 0 Å². The summed E-state index contributed by atoms with van der Waals surface area (Å²) in [5.74, 6) is 0.394. The molecule has 1 N–H and O–H groups in total. The van der Waals surface area contributed by atoms with Crippen LogP contribution in [0.1, 0.15) is 36.5 Å². The van der Waals surface area contributed by atoms with Gasteiger partial charge in [-0.15, -0.1) is 0 Å². The molecule has 2 aromatic rings. The van der Waals surface area contributed by atoms with Gasteiger partial charge in [0.05, 0.1) is 0 Å². The molecule has 2 heteroatoms. The number of phenols is 1. The van der Waals surface area contributed by atoms with Crippen LogP contribution in [-0.2, 0) is 11.8 Å². The largest absolute Gasteiger partial charge is 0.508 e. The molecule has 0 radical (unpaired) electrons. The minimum absolute atomic E-state index is 0.0733. The fraction of sp³-hybridized carbons (Fsp3) is 0.400. The molecule has 1 heterocycles. The molecule has 114 valence electrons. The van der Waals surface area contributed by atoms with E-state index >= 15 is 0 Å². The second-order valence-electron chi connectivity index (χ2n) is 6.73. The minimum Gasteiger partial charge on any atom is -0.508 e. The summed E-state index contributed by atoms with van der Waals surface area (Å²) in [6.07, 6.45) is 3.41. The summed E-state index contributed by atoms with van der Waals surface area (Å²) in [7, 11) is 0. The van der Waals surface area contributed by atoms with Crippen LogP contribution in [0.3, 0.4) is 0 Å². The standard InChI is InChI=1S/C20H23NO/c1-2-21-11-10-20(16-6-4-3-5-7-16)14-17(21)12-15-8-9-18(22)13-19(15)20/h3-9,13,17,22H,2,10-12,14H2,1H3. The zero-order valence-electron chi connectivity index (χ0n) is 13.1. The molecule has 2 nitrogen and oxygen atoms in total. The van der Waals surface area contributed by atoms with E-state index in [2.05, 4.69) is 48.2 Å².